The van der Waals surface area contributed by atoms with Gasteiger partial charge < -0.3 is 14.5 Å². The highest BCUT2D eigenvalue weighted by atomic mass is 32.2. The van der Waals surface area contributed by atoms with E-state index in [0.29, 0.717) is 36.6 Å². The van der Waals surface area contributed by atoms with Crippen LogP contribution >= 0.6 is 0 Å². The first-order chi connectivity index (χ1) is 15.2. The molecule has 1 heterocycles. The Bertz CT molecular complexity index is 1090. The van der Waals surface area contributed by atoms with Crippen LogP contribution in [0, 0.1) is 0 Å². The zero-order valence-electron chi connectivity index (χ0n) is 18.9. The highest BCUT2D eigenvalue weighted by Gasteiger charge is 2.19. The molecule has 3 rings (SSSR count). The third kappa shape index (κ3) is 5.56. The molecule has 7 nitrogen and oxygen atoms in total. The number of amides is 1. The van der Waals surface area contributed by atoms with Gasteiger partial charge in [-0.05, 0) is 68.8 Å². The number of nitrogens with zero attached hydrogens (tertiary/aromatic N) is 2. The van der Waals surface area contributed by atoms with Gasteiger partial charge in [-0.3, -0.25) is 4.79 Å². The smallest absolute Gasteiger partial charge is 0.253 e. The lowest BCUT2D eigenvalue weighted by Gasteiger charge is -2.22. The quantitative estimate of drug-likeness (QED) is 0.745. The Morgan fingerprint density at radius 3 is 2.41 bits per heavy atom. The molecule has 2 N–H and O–H groups in total. The van der Waals surface area contributed by atoms with Gasteiger partial charge in [0.2, 0.25) is 10.0 Å². The molecule has 1 amide bonds. The topological polar surface area (TPSA) is 92.9 Å². The Hall–Kier alpha value is -2.68. The molecule has 2 aromatic carbocycles. The molecule has 0 bridgehead atoms. The number of ether oxygens (including phenoxy) is 1. The molecule has 32 heavy (non-hydrogen) atoms. The molecule has 1 aliphatic rings. The van der Waals surface area contributed by atoms with Gasteiger partial charge >= 0.3 is 0 Å². The van der Waals surface area contributed by atoms with Crippen LogP contribution in [0.4, 0.5) is 0 Å². The standard InChI is InChI=1S/C24H31N3O4S/c1-4-27(5-2)24(28)19-10-8-18(9-11-19)21-7-6-14-26(3)15-16-31-23-13-12-20(17-22(21)23)32(25,29)30/h7-13,17H,4-6,14-16H2,1-3H3,(H2,25,29,30)/b21-7-. The van der Waals surface area contributed by atoms with Crippen molar-refractivity contribution in [1.82, 2.24) is 9.80 Å². The van der Waals surface area contributed by atoms with Crippen molar-refractivity contribution in [2.45, 2.75) is 25.2 Å². The second-order valence-electron chi connectivity index (χ2n) is 7.82. The summed E-state index contributed by atoms with van der Waals surface area (Å²) in [6.45, 7) is 7.31. The maximum Gasteiger partial charge on any atom is 0.253 e. The number of hydrogen-bond donors (Lipinski definition) is 1. The lowest BCUT2D eigenvalue weighted by atomic mass is 9.94. The molecule has 0 fully saturated rings. The average molecular weight is 458 g/mol. The third-order valence-corrected chi connectivity index (χ3v) is 6.56. The van der Waals surface area contributed by atoms with Gasteiger partial charge in [-0.2, -0.15) is 0 Å². The van der Waals surface area contributed by atoms with Crippen LogP contribution in [0.3, 0.4) is 0 Å². The Labute approximate surface area is 190 Å². The van der Waals surface area contributed by atoms with E-state index >= 15 is 0 Å². The van der Waals surface area contributed by atoms with Crippen LogP contribution in [0.15, 0.2) is 53.4 Å². The van der Waals surface area contributed by atoms with Gasteiger partial charge in [0.25, 0.3) is 5.91 Å². The van der Waals surface area contributed by atoms with Crippen molar-refractivity contribution < 1.29 is 17.9 Å². The summed E-state index contributed by atoms with van der Waals surface area (Å²) in [7, 11) is -1.82. The summed E-state index contributed by atoms with van der Waals surface area (Å²) < 4.78 is 30.0. The van der Waals surface area contributed by atoms with E-state index in [1.54, 1.807) is 17.0 Å². The van der Waals surface area contributed by atoms with Crippen molar-refractivity contribution in [3.63, 3.8) is 0 Å². The van der Waals surface area contributed by atoms with Crippen LogP contribution in [0.25, 0.3) is 5.57 Å². The predicted molar refractivity (Wildman–Crippen MR) is 126 cm³/mol. The lowest BCUT2D eigenvalue weighted by Crippen LogP contribution is -2.30. The summed E-state index contributed by atoms with van der Waals surface area (Å²) >= 11 is 0. The van der Waals surface area contributed by atoms with Crippen molar-refractivity contribution in [2.24, 2.45) is 5.14 Å². The van der Waals surface area contributed by atoms with Gasteiger partial charge in [-0.15, -0.1) is 0 Å². The molecular weight excluding hydrogens is 426 g/mol. The number of likely N-dealkylation sites (N-methyl/N-ethyl adjacent to an activating group) is 1. The molecule has 0 aliphatic carbocycles. The van der Waals surface area contributed by atoms with Crippen LogP contribution in [-0.2, 0) is 10.0 Å². The first kappa shape index (κ1) is 24.0. The molecule has 0 aromatic heterocycles. The van der Waals surface area contributed by atoms with Crippen molar-refractivity contribution in [3.05, 3.63) is 65.2 Å². The maximum atomic E-state index is 12.7. The number of fused-ring (bicyclic) bond motifs is 1. The molecule has 0 atom stereocenters. The van der Waals surface area contributed by atoms with Crippen molar-refractivity contribution in [1.29, 1.82) is 0 Å². The number of carbonyl (C=O) groups excluding carboxylic acids is 1. The first-order valence-electron chi connectivity index (χ1n) is 10.8. The van der Waals surface area contributed by atoms with Crippen molar-refractivity contribution in [2.75, 3.05) is 39.8 Å². The number of nitrogens with two attached hydrogens (primary N) is 1. The van der Waals surface area contributed by atoms with Gasteiger partial charge in [-0.1, -0.05) is 18.2 Å². The number of primary sulfonamides is 1. The normalized spacial score (nSPS) is 16.9. The monoisotopic (exact) mass is 457 g/mol. The first-order valence-corrected chi connectivity index (χ1v) is 12.4. The van der Waals surface area contributed by atoms with Crippen molar-refractivity contribution >= 4 is 21.5 Å². The van der Waals surface area contributed by atoms with E-state index in [0.717, 1.165) is 30.6 Å². The zero-order valence-corrected chi connectivity index (χ0v) is 19.7. The summed E-state index contributed by atoms with van der Waals surface area (Å²) in [6.07, 6.45) is 2.86. The predicted octanol–water partition coefficient (Wildman–Crippen LogP) is 2.96. The Morgan fingerprint density at radius 2 is 1.78 bits per heavy atom. The Balaban J connectivity index is 2.07. The molecule has 0 saturated carbocycles. The van der Waals surface area contributed by atoms with E-state index in [-0.39, 0.29) is 10.8 Å². The fraction of sp³-hybridized carbons (Fsp3) is 0.375. The molecule has 8 heteroatoms. The van der Waals surface area contributed by atoms with E-state index in [2.05, 4.69) is 11.0 Å². The minimum absolute atomic E-state index is 0.0108. The average Bonchev–Trinajstić information content (AvgIpc) is 2.77. The second-order valence-corrected chi connectivity index (χ2v) is 9.38. The zero-order chi connectivity index (χ0) is 23.3. The molecule has 0 saturated heterocycles. The molecule has 2 aromatic rings. The summed E-state index contributed by atoms with van der Waals surface area (Å²) in [5.74, 6) is 0.589. The maximum absolute atomic E-state index is 12.7. The Morgan fingerprint density at radius 1 is 1.09 bits per heavy atom. The van der Waals surface area contributed by atoms with Crippen LogP contribution < -0.4 is 9.88 Å². The molecule has 0 radical (unpaired) electrons. The minimum Gasteiger partial charge on any atom is -0.492 e. The fourth-order valence-electron chi connectivity index (χ4n) is 3.74. The van der Waals surface area contributed by atoms with E-state index < -0.39 is 10.0 Å². The van der Waals surface area contributed by atoms with E-state index in [1.165, 1.54) is 6.07 Å². The van der Waals surface area contributed by atoms with Crippen LogP contribution in [0.5, 0.6) is 5.75 Å². The van der Waals surface area contributed by atoms with Gasteiger partial charge in [-0.25, -0.2) is 13.6 Å². The fourth-order valence-corrected chi connectivity index (χ4v) is 4.28. The summed E-state index contributed by atoms with van der Waals surface area (Å²) in [5, 5.41) is 5.39. The second kappa shape index (κ2) is 10.3. The van der Waals surface area contributed by atoms with Crippen LogP contribution in [0.1, 0.15) is 41.8 Å². The Kier molecular flexibility index (Phi) is 7.71. The van der Waals surface area contributed by atoms with Crippen LogP contribution in [-0.4, -0.2) is 64.0 Å². The van der Waals surface area contributed by atoms with Gasteiger partial charge in [0, 0.05) is 37.3 Å². The van der Waals surface area contributed by atoms with Gasteiger partial charge in [0.15, 0.2) is 0 Å². The molecule has 1 aliphatic heterocycles. The third-order valence-electron chi connectivity index (χ3n) is 5.65. The summed E-state index contributed by atoms with van der Waals surface area (Å²) in [5.41, 5.74) is 3.01. The summed E-state index contributed by atoms with van der Waals surface area (Å²) in [6, 6.07) is 12.1. The van der Waals surface area contributed by atoms with Gasteiger partial charge in [0.05, 0.1) is 4.90 Å². The van der Waals surface area contributed by atoms with E-state index in [1.807, 2.05) is 45.2 Å². The van der Waals surface area contributed by atoms with Crippen LogP contribution in [0.2, 0.25) is 0 Å². The summed E-state index contributed by atoms with van der Waals surface area (Å²) in [4.78, 5) is 16.7. The number of carbonyl (C=O) groups is 1. The highest BCUT2D eigenvalue weighted by molar-refractivity contribution is 7.89. The van der Waals surface area contributed by atoms with Crippen molar-refractivity contribution in [3.8, 4) is 5.75 Å². The SMILES string of the molecule is CCN(CC)C(=O)c1ccc(/C2=C/CCN(C)CCOc3ccc(S(N)(=O)=O)cc32)cc1. The molecule has 0 spiro atoms. The lowest BCUT2D eigenvalue weighted by molar-refractivity contribution is 0.0773. The van der Waals surface area contributed by atoms with E-state index in [4.69, 9.17) is 9.88 Å². The number of hydrogen-bond acceptors (Lipinski definition) is 5. The van der Waals surface area contributed by atoms with E-state index in [9.17, 15) is 13.2 Å². The minimum atomic E-state index is -3.86. The largest absolute Gasteiger partial charge is 0.492 e. The molecule has 0 unspecified atom stereocenters. The highest BCUT2D eigenvalue weighted by Crippen LogP contribution is 2.34. The number of sulfonamides is 1. The molecule has 172 valence electrons. The number of rotatable bonds is 5. The molecular formula is C24H31N3O4S. The van der Waals surface area contributed by atoms with Gasteiger partial charge in [0.1, 0.15) is 12.4 Å². The number of benzene rings is 2.